The Kier molecular flexibility index (Phi) is 2.36. The van der Waals surface area contributed by atoms with Crippen LogP contribution in [-0.4, -0.2) is 9.38 Å². The molecule has 2 nitrogen and oxygen atoms in total. The largest absolute Gasteiger partial charge is 0.347 e. The van der Waals surface area contributed by atoms with Crippen molar-refractivity contribution in [3.05, 3.63) is 48.9 Å². The molecule has 14 heavy (non-hydrogen) atoms. The third-order valence-corrected chi connectivity index (χ3v) is 2.20. The summed E-state index contributed by atoms with van der Waals surface area (Å²) in [6, 6.07) is 11.2. The second kappa shape index (κ2) is 3.52. The summed E-state index contributed by atoms with van der Waals surface area (Å²) < 4.78 is 2.00. The van der Waals surface area contributed by atoms with E-state index in [-0.39, 0.29) is 20.1 Å². The van der Waals surface area contributed by atoms with E-state index < -0.39 is 0 Å². The van der Waals surface area contributed by atoms with E-state index in [0.717, 1.165) is 11.0 Å². The van der Waals surface area contributed by atoms with Gasteiger partial charge in [0.25, 0.3) is 0 Å². The van der Waals surface area contributed by atoms with Crippen molar-refractivity contribution >= 4 is 16.4 Å². The van der Waals surface area contributed by atoms with Gasteiger partial charge in [-0.2, -0.15) is 0 Å². The Balaban J connectivity index is 0.000000750. The molecular weight excluding hydrogens is 352 g/mol. The number of fused-ring (bicyclic) bond motifs is 3. The molecule has 0 N–H and O–H groups in total. The van der Waals surface area contributed by atoms with E-state index in [0.29, 0.717) is 0 Å². The summed E-state index contributed by atoms with van der Waals surface area (Å²) in [6.07, 6.45) is 5.75. The summed E-state index contributed by atoms with van der Waals surface area (Å²) in [5, 5.41) is 2.26. The van der Waals surface area contributed by atoms with Crippen LogP contribution < -0.4 is 0 Å². The Hall–Kier alpha value is -1.18. The summed E-state index contributed by atoms with van der Waals surface area (Å²) in [5.74, 6) is 0. The van der Waals surface area contributed by atoms with Gasteiger partial charge in [0.1, 0.15) is 0 Å². The average Bonchev–Trinajstić information content (AvgIpc) is 2.65. The Labute approximate surface area is 94.9 Å². The minimum absolute atomic E-state index is 0. The van der Waals surface area contributed by atoms with Crippen molar-refractivity contribution in [2.75, 3.05) is 0 Å². The Morgan fingerprint density at radius 3 is 3.07 bits per heavy atom. The Morgan fingerprint density at radius 2 is 2.14 bits per heavy atom. The molecule has 0 saturated carbocycles. The fraction of sp³-hybridized carbons (Fsp3) is 0. The molecular formula is C11H7IrN2-. The van der Waals surface area contributed by atoms with Crippen molar-refractivity contribution in [1.82, 2.24) is 9.38 Å². The fourth-order valence-corrected chi connectivity index (χ4v) is 1.57. The zero-order valence-corrected chi connectivity index (χ0v) is 9.66. The van der Waals surface area contributed by atoms with Gasteiger partial charge in [-0.25, -0.2) is 0 Å². The molecule has 0 aliphatic heterocycles. The van der Waals surface area contributed by atoms with E-state index >= 15 is 0 Å². The third-order valence-electron chi connectivity index (χ3n) is 2.20. The van der Waals surface area contributed by atoms with E-state index in [4.69, 9.17) is 0 Å². The normalized spacial score (nSPS) is 10.3. The van der Waals surface area contributed by atoms with Crippen LogP contribution >= 0.6 is 0 Å². The summed E-state index contributed by atoms with van der Waals surface area (Å²) in [4.78, 5) is 4.28. The first-order valence-electron chi connectivity index (χ1n) is 4.17. The molecule has 0 bridgehead atoms. The van der Waals surface area contributed by atoms with Crippen molar-refractivity contribution in [3.63, 3.8) is 0 Å². The third kappa shape index (κ3) is 1.26. The molecule has 0 unspecified atom stereocenters. The summed E-state index contributed by atoms with van der Waals surface area (Å²) >= 11 is 0. The first-order valence-corrected chi connectivity index (χ1v) is 4.17. The number of hydrogen-bond acceptors (Lipinski definition) is 1. The van der Waals surface area contributed by atoms with Gasteiger partial charge < -0.3 is 4.40 Å². The number of imidazole rings is 1. The number of nitrogens with zero attached hydrogens (tertiary/aromatic N) is 2. The minimum atomic E-state index is 0. The van der Waals surface area contributed by atoms with Crippen LogP contribution in [-0.2, 0) is 20.1 Å². The van der Waals surface area contributed by atoms with Crippen LogP contribution in [0.5, 0.6) is 0 Å². The van der Waals surface area contributed by atoms with Crippen LogP contribution in [0.2, 0.25) is 0 Å². The van der Waals surface area contributed by atoms with Gasteiger partial charge in [-0.3, -0.25) is 4.98 Å². The van der Waals surface area contributed by atoms with Gasteiger partial charge in [0.05, 0.1) is 5.65 Å². The van der Waals surface area contributed by atoms with Crippen LogP contribution in [0.3, 0.4) is 0 Å². The maximum atomic E-state index is 4.28. The molecule has 0 aliphatic carbocycles. The standard InChI is InChI=1S/C11H7N2.Ir/c1-2-4-10-9(3-1)5-7-13-8-6-12-11(10)13;/h1-3,5-8H;/q-1;. The van der Waals surface area contributed by atoms with Crippen molar-refractivity contribution in [3.8, 4) is 0 Å². The van der Waals surface area contributed by atoms with Gasteiger partial charge in [0, 0.05) is 32.5 Å². The van der Waals surface area contributed by atoms with Gasteiger partial charge in [0.15, 0.2) is 0 Å². The molecule has 1 radical (unpaired) electrons. The maximum Gasteiger partial charge on any atom is 0.0603 e. The fourth-order valence-electron chi connectivity index (χ4n) is 1.57. The van der Waals surface area contributed by atoms with Crippen LogP contribution in [0.4, 0.5) is 0 Å². The van der Waals surface area contributed by atoms with E-state index in [1.54, 1.807) is 6.20 Å². The van der Waals surface area contributed by atoms with Crippen LogP contribution in [0.25, 0.3) is 16.4 Å². The zero-order chi connectivity index (χ0) is 8.67. The van der Waals surface area contributed by atoms with Gasteiger partial charge in [-0.15, -0.1) is 35.0 Å². The van der Waals surface area contributed by atoms with Crippen molar-refractivity contribution < 1.29 is 20.1 Å². The second-order valence-corrected chi connectivity index (χ2v) is 2.97. The Morgan fingerprint density at radius 1 is 1.21 bits per heavy atom. The molecule has 0 saturated heterocycles. The first kappa shape index (κ1) is 9.38. The molecule has 3 aromatic rings. The average molecular weight is 359 g/mol. The topological polar surface area (TPSA) is 17.3 Å². The molecule has 3 rings (SSSR count). The second-order valence-electron chi connectivity index (χ2n) is 2.97. The van der Waals surface area contributed by atoms with Crippen LogP contribution in [0.15, 0.2) is 42.9 Å². The Bertz CT molecular complexity index is 571. The van der Waals surface area contributed by atoms with Crippen molar-refractivity contribution in [1.29, 1.82) is 0 Å². The van der Waals surface area contributed by atoms with Crippen molar-refractivity contribution in [2.24, 2.45) is 0 Å². The van der Waals surface area contributed by atoms with Crippen LogP contribution in [0, 0.1) is 6.07 Å². The molecule has 2 aromatic heterocycles. The number of rotatable bonds is 0. The zero-order valence-electron chi connectivity index (χ0n) is 7.27. The number of aromatic nitrogens is 2. The summed E-state index contributed by atoms with van der Waals surface area (Å²) in [6.45, 7) is 0. The van der Waals surface area contributed by atoms with Gasteiger partial charge in [0.2, 0.25) is 0 Å². The smallest absolute Gasteiger partial charge is 0.0603 e. The molecule has 0 fully saturated rings. The molecule has 71 valence electrons. The number of benzene rings is 1. The molecule has 3 heteroatoms. The van der Waals surface area contributed by atoms with Gasteiger partial charge in [-0.05, 0) is 6.20 Å². The molecule has 0 amide bonds. The SMILES string of the molecule is [Ir].[c-]1cccc2ccn3ccnc3c12. The predicted octanol–water partition coefficient (Wildman–Crippen LogP) is 2.29. The molecule has 0 atom stereocenters. The molecule has 1 aromatic carbocycles. The van der Waals surface area contributed by atoms with Crippen LogP contribution in [0.1, 0.15) is 0 Å². The number of hydrogen-bond donors (Lipinski definition) is 0. The minimum Gasteiger partial charge on any atom is -0.347 e. The maximum absolute atomic E-state index is 4.28. The predicted molar refractivity (Wildman–Crippen MR) is 51.5 cm³/mol. The molecule has 2 heterocycles. The molecule has 0 aliphatic rings. The van der Waals surface area contributed by atoms with Gasteiger partial charge >= 0.3 is 0 Å². The van der Waals surface area contributed by atoms with E-state index in [1.807, 2.05) is 28.9 Å². The quantitative estimate of drug-likeness (QED) is 0.563. The monoisotopic (exact) mass is 360 g/mol. The number of pyridine rings is 1. The summed E-state index contributed by atoms with van der Waals surface area (Å²) in [7, 11) is 0. The molecule has 0 spiro atoms. The van der Waals surface area contributed by atoms with E-state index in [1.165, 1.54) is 5.39 Å². The summed E-state index contributed by atoms with van der Waals surface area (Å²) in [5.41, 5.74) is 0.970. The van der Waals surface area contributed by atoms with E-state index in [9.17, 15) is 0 Å². The van der Waals surface area contributed by atoms with Crippen molar-refractivity contribution in [2.45, 2.75) is 0 Å². The van der Waals surface area contributed by atoms with Gasteiger partial charge in [-0.1, -0.05) is 6.07 Å². The van der Waals surface area contributed by atoms with E-state index in [2.05, 4.69) is 23.2 Å². The first-order chi connectivity index (χ1) is 6.45.